The predicted molar refractivity (Wildman–Crippen MR) is 60.9 cm³/mol. The minimum absolute atomic E-state index is 0.777. The van der Waals surface area contributed by atoms with Gasteiger partial charge >= 0.3 is 0 Å². The first kappa shape index (κ1) is 10.5. The van der Waals surface area contributed by atoms with Crippen molar-refractivity contribution in [1.82, 2.24) is 0 Å². The Hall–Kier alpha value is -0.0400. The third-order valence-corrected chi connectivity index (χ3v) is 4.74. The van der Waals surface area contributed by atoms with Crippen molar-refractivity contribution in [3.8, 4) is 0 Å². The highest BCUT2D eigenvalue weighted by Gasteiger charge is 2.40. The maximum absolute atomic E-state index is 5.85. The van der Waals surface area contributed by atoms with Crippen LogP contribution in [0.2, 0.25) is 0 Å². The van der Waals surface area contributed by atoms with E-state index in [0.29, 0.717) is 0 Å². The van der Waals surface area contributed by atoms with Gasteiger partial charge in [0.25, 0.3) is 0 Å². The molecule has 4 atom stereocenters. The molecule has 14 heavy (non-hydrogen) atoms. The zero-order chi connectivity index (χ0) is 10.1. The van der Waals surface area contributed by atoms with Crippen molar-refractivity contribution in [2.24, 2.45) is 35.3 Å². The molecule has 2 saturated carbocycles. The van der Waals surface area contributed by atoms with Crippen molar-refractivity contribution in [2.75, 3.05) is 6.54 Å². The van der Waals surface area contributed by atoms with E-state index in [1.165, 1.54) is 25.7 Å². The molecule has 0 aromatic rings. The highest BCUT2D eigenvalue weighted by atomic mass is 14.6. The summed E-state index contributed by atoms with van der Waals surface area (Å²) in [5.74, 6) is 4.76. The van der Waals surface area contributed by atoms with E-state index < -0.39 is 0 Å². The van der Waals surface area contributed by atoms with Gasteiger partial charge in [0, 0.05) is 0 Å². The van der Waals surface area contributed by atoms with Gasteiger partial charge in [-0.05, 0) is 61.8 Å². The van der Waals surface area contributed by atoms with Gasteiger partial charge in [-0.25, -0.2) is 0 Å². The van der Waals surface area contributed by atoms with Crippen LogP contribution < -0.4 is 5.73 Å². The number of nitrogens with two attached hydrogens (primary N) is 1. The van der Waals surface area contributed by atoms with Gasteiger partial charge in [0.15, 0.2) is 0 Å². The van der Waals surface area contributed by atoms with E-state index in [1.807, 2.05) is 0 Å². The molecule has 0 aliphatic heterocycles. The molecule has 2 bridgehead atoms. The molecular weight excluding hydrogens is 170 g/mol. The summed E-state index contributed by atoms with van der Waals surface area (Å²) < 4.78 is 0. The molecule has 2 aliphatic carbocycles. The van der Waals surface area contributed by atoms with Crippen LogP contribution in [-0.4, -0.2) is 6.54 Å². The zero-order valence-corrected chi connectivity index (χ0v) is 9.71. The Labute approximate surface area is 88.4 Å². The predicted octanol–water partition coefficient (Wildman–Crippen LogP) is 3.04. The van der Waals surface area contributed by atoms with Crippen LogP contribution in [0, 0.1) is 29.6 Å². The average molecular weight is 195 g/mol. The van der Waals surface area contributed by atoms with E-state index in [2.05, 4.69) is 13.8 Å². The van der Waals surface area contributed by atoms with Gasteiger partial charge in [-0.1, -0.05) is 20.3 Å². The molecule has 4 unspecified atom stereocenters. The summed E-state index contributed by atoms with van der Waals surface area (Å²) in [5.41, 5.74) is 5.85. The van der Waals surface area contributed by atoms with Crippen LogP contribution in [0.25, 0.3) is 0 Å². The van der Waals surface area contributed by atoms with E-state index in [-0.39, 0.29) is 0 Å². The van der Waals surface area contributed by atoms with E-state index in [9.17, 15) is 0 Å². The SMILES string of the molecule is CC(C)C(CN)CC1CC2CCC1C2. The van der Waals surface area contributed by atoms with Gasteiger partial charge in [0.2, 0.25) is 0 Å². The zero-order valence-electron chi connectivity index (χ0n) is 9.71. The summed E-state index contributed by atoms with van der Waals surface area (Å²) in [6.07, 6.45) is 7.52. The van der Waals surface area contributed by atoms with Crippen LogP contribution in [0.1, 0.15) is 46.0 Å². The van der Waals surface area contributed by atoms with Crippen LogP contribution in [0.3, 0.4) is 0 Å². The first-order valence-corrected chi connectivity index (χ1v) is 6.40. The molecule has 1 heteroatoms. The van der Waals surface area contributed by atoms with E-state index in [0.717, 1.165) is 36.1 Å². The monoisotopic (exact) mass is 195 g/mol. The Balaban J connectivity index is 1.85. The second kappa shape index (κ2) is 4.22. The van der Waals surface area contributed by atoms with Crippen molar-refractivity contribution in [1.29, 1.82) is 0 Å². The second-order valence-corrected chi connectivity index (χ2v) is 5.91. The van der Waals surface area contributed by atoms with E-state index >= 15 is 0 Å². The van der Waals surface area contributed by atoms with Crippen LogP contribution in [0.4, 0.5) is 0 Å². The number of hydrogen-bond acceptors (Lipinski definition) is 1. The fourth-order valence-electron chi connectivity index (χ4n) is 3.69. The molecule has 0 aromatic heterocycles. The minimum Gasteiger partial charge on any atom is -0.330 e. The van der Waals surface area contributed by atoms with Gasteiger partial charge in [-0.2, -0.15) is 0 Å². The Morgan fingerprint density at radius 2 is 2.00 bits per heavy atom. The first-order chi connectivity index (χ1) is 6.70. The highest BCUT2D eigenvalue weighted by molar-refractivity contribution is 4.91. The third-order valence-electron chi connectivity index (χ3n) is 4.74. The molecule has 2 aliphatic rings. The number of hydrogen-bond donors (Lipinski definition) is 1. The molecule has 0 aromatic carbocycles. The molecule has 82 valence electrons. The first-order valence-electron chi connectivity index (χ1n) is 6.40. The van der Waals surface area contributed by atoms with Gasteiger partial charge < -0.3 is 5.73 Å². The van der Waals surface area contributed by atoms with Gasteiger partial charge in [-0.3, -0.25) is 0 Å². The third kappa shape index (κ3) is 1.98. The van der Waals surface area contributed by atoms with Crippen molar-refractivity contribution >= 4 is 0 Å². The van der Waals surface area contributed by atoms with Crippen LogP contribution in [0.15, 0.2) is 0 Å². The summed E-state index contributed by atoms with van der Waals surface area (Å²) in [5, 5.41) is 0. The summed E-state index contributed by atoms with van der Waals surface area (Å²) in [4.78, 5) is 0. The lowest BCUT2D eigenvalue weighted by Gasteiger charge is -2.28. The largest absolute Gasteiger partial charge is 0.330 e. The molecule has 2 fully saturated rings. The lowest BCUT2D eigenvalue weighted by molar-refractivity contribution is 0.236. The molecule has 0 amide bonds. The number of fused-ring (bicyclic) bond motifs is 2. The molecule has 0 radical (unpaired) electrons. The molecule has 2 rings (SSSR count). The summed E-state index contributed by atoms with van der Waals surface area (Å²) in [6.45, 7) is 5.54. The lowest BCUT2D eigenvalue weighted by atomic mass is 9.79. The smallest absolute Gasteiger partial charge is 0.00463 e. The Kier molecular flexibility index (Phi) is 3.16. The fraction of sp³-hybridized carbons (Fsp3) is 1.00. The van der Waals surface area contributed by atoms with Crippen LogP contribution in [0.5, 0.6) is 0 Å². The van der Waals surface area contributed by atoms with Gasteiger partial charge in [0.1, 0.15) is 0 Å². The van der Waals surface area contributed by atoms with Crippen molar-refractivity contribution < 1.29 is 0 Å². The maximum atomic E-state index is 5.85. The Morgan fingerprint density at radius 1 is 1.21 bits per heavy atom. The van der Waals surface area contributed by atoms with Crippen molar-refractivity contribution in [3.63, 3.8) is 0 Å². The Bertz CT molecular complexity index is 188. The number of rotatable bonds is 4. The quantitative estimate of drug-likeness (QED) is 0.733. The highest BCUT2D eigenvalue weighted by Crippen LogP contribution is 2.50. The minimum atomic E-state index is 0.777. The summed E-state index contributed by atoms with van der Waals surface area (Å²) >= 11 is 0. The van der Waals surface area contributed by atoms with Crippen LogP contribution >= 0.6 is 0 Å². The second-order valence-electron chi connectivity index (χ2n) is 5.91. The van der Waals surface area contributed by atoms with Gasteiger partial charge in [0.05, 0.1) is 0 Å². The molecule has 2 N–H and O–H groups in total. The molecule has 0 heterocycles. The topological polar surface area (TPSA) is 26.0 Å². The van der Waals surface area contributed by atoms with E-state index in [4.69, 9.17) is 5.73 Å². The fourth-order valence-corrected chi connectivity index (χ4v) is 3.69. The lowest BCUT2D eigenvalue weighted by Crippen LogP contribution is -2.25. The Morgan fingerprint density at radius 3 is 2.43 bits per heavy atom. The average Bonchev–Trinajstić information content (AvgIpc) is 2.74. The summed E-state index contributed by atoms with van der Waals surface area (Å²) in [7, 11) is 0. The van der Waals surface area contributed by atoms with Crippen molar-refractivity contribution in [3.05, 3.63) is 0 Å². The van der Waals surface area contributed by atoms with Crippen LogP contribution in [-0.2, 0) is 0 Å². The van der Waals surface area contributed by atoms with Crippen molar-refractivity contribution in [2.45, 2.75) is 46.0 Å². The standard InChI is InChI=1S/C13H25N/c1-9(2)13(8-14)7-12-6-10-3-4-11(12)5-10/h9-13H,3-8,14H2,1-2H3. The summed E-state index contributed by atoms with van der Waals surface area (Å²) in [6, 6.07) is 0. The van der Waals surface area contributed by atoms with Gasteiger partial charge in [-0.15, -0.1) is 0 Å². The van der Waals surface area contributed by atoms with E-state index in [1.54, 1.807) is 6.42 Å². The normalized spacial score (nSPS) is 38.1. The molecule has 0 saturated heterocycles. The maximum Gasteiger partial charge on any atom is -0.00463 e. The molecule has 1 nitrogen and oxygen atoms in total. The molecule has 0 spiro atoms. The molecular formula is C13H25N.